The predicted molar refractivity (Wildman–Crippen MR) is 127 cm³/mol. The van der Waals surface area contributed by atoms with Crippen LogP contribution in [-0.4, -0.2) is 33.3 Å². The van der Waals surface area contributed by atoms with Gasteiger partial charge in [0.25, 0.3) is 0 Å². The van der Waals surface area contributed by atoms with Crippen LogP contribution in [0, 0.1) is 12.8 Å². The SMILES string of the molecule is Cc1nn(-c2cccc(Cl)c2)c(Oc2ccccc2)c1CN(CC1CC1)C(=O)NC(C)C. The first-order valence-corrected chi connectivity index (χ1v) is 11.4. The van der Waals surface area contributed by atoms with Crippen LogP contribution in [0.5, 0.6) is 11.6 Å². The first-order valence-electron chi connectivity index (χ1n) is 11.0. The monoisotopic (exact) mass is 452 g/mol. The number of para-hydroxylation sites is 1. The normalized spacial score (nSPS) is 13.3. The Labute approximate surface area is 194 Å². The summed E-state index contributed by atoms with van der Waals surface area (Å²) in [5.74, 6) is 1.86. The summed E-state index contributed by atoms with van der Waals surface area (Å²) >= 11 is 6.25. The van der Waals surface area contributed by atoms with Crippen molar-refractivity contribution >= 4 is 17.6 Å². The number of nitrogens with one attached hydrogen (secondary N) is 1. The van der Waals surface area contributed by atoms with Gasteiger partial charge in [-0.1, -0.05) is 35.9 Å². The van der Waals surface area contributed by atoms with E-state index in [0.29, 0.717) is 29.1 Å². The molecule has 3 aromatic rings. The van der Waals surface area contributed by atoms with Crippen molar-refractivity contribution in [2.24, 2.45) is 5.92 Å². The minimum atomic E-state index is -0.0625. The summed E-state index contributed by atoms with van der Waals surface area (Å²) in [7, 11) is 0. The second-order valence-corrected chi connectivity index (χ2v) is 9.04. The van der Waals surface area contributed by atoms with Gasteiger partial charge < -0.3 is 15.0 Å². The van der Waals surface area contributed by atoms with Gasteiger partial charge in [0.2, 0.25) is 5.88 Å². The van der Waals surface area contributed by atoms with E-state index in [-0.39, 0.29) is 12.1 Å². The van der Waals surface area contributed by atoms with E-state index in [1.54, 1.807) is 4.68 Å². The number of benzene rings is 2. The Morgan fingerprint density at radius 2 is 1.97 bits per heavy atom. The number of hydrogen-bond donors (Lipinski definition) is 1. The zero-order valence-electron chi connectivity index (χ0n) is 18.7. The summed E-state index contributed by atoms with van der Waals surface area (Å²) in [4.78, 5) is 14.8. The van der Waals surface area contributed by atoms with Crippen LogP contribution >= 0.6 is 11.6 Å². The van der Waals surface area contributed by atoms with Crippen molar-refractivity contribution in [2.75, 3.05) is 6.54 Å². The Bertz CT molecular complexity index is 1080. The fourth-order valence-corrected chi connectivity index (χ4v) is 3.75. The number of aryl methyl sites for hydroxylation is 1. The molecule has 6 nitrogen and oxygen atoms in total. The Morgan fingerprint density at radius 1 is 1.22 bits per heavy atom. The summed E-state index contributed by atoms with van der Waals surface area (Å²) in [5, 5.41) is 8.41. The average Bonchev–Trinajstić information content (AvgIpc) is 3.52. The van der Waals surface area contributed by atoms with Gasteiger partial charge >= 0.3 is 6.03 Å². The second kappa shape index (κ2) is 9.65. The van der Waals surface area contributed by atoms with Gasteiger partial charge in [0.1, 0.15) is 5.75 Å². The number of ether oxygens (including phenoxy) is 1. The summed E-state index contributed by atoms with van der Waals surface area (Å²) in [6.07, 6.45) is 2.33. The van der Waals surface area contributed by atoms with Crippen LogP contribution in [0.1, 0.15) is 37.9 Å². The predicted octanol–water partition coefficient (Wildman–Crippen LogP) is 5.96. The van der Waals surface area contributed by atoms with E-state index in [2.05, 4.69) is 5.32 Å². The smallest absolute Gasteiger partial charge is 0.317 e. The molecule has 2 aromatic carbocycles. The molecule has 0 saturated heterocycles. The van der Waals surface area contributed by atoms with E-state index in [9.17, 15) is 4.79 Å². The molecule has 1 aliphatic rings. The minimum absolute atomic E-state index is 0.0625. The number of rotatable bonds is 8. The fourth-order valence-electron chi connectivity index (χ4n) is 3.57. The maximum atomic E-state index is 13.0. The van der Waals surface area contributed by atoms with Gasteiger partial charge in [-0.15, -0.1) is 0 Å². The third-order valence-electron chi connectivity index (χ3n) is 5.37. The van der Waals surface area contributed by atoms with E-state index in [1.807, 2.05) is 80.3 Å². The van der Waals surface area contributed by atoms with Gasteiger partial charge in [-0.2, -0.15) is 5.10 Å². The van der Waals surface area contributed by atoms with Crippen molar-refractivity contribution in [3.8, 4) is 17.3 Å². The molecule has 0 atom stereocenters. The topological polar surface area (TPSA) is 59.4 Å². The van der Waals surface area contributed by atoms with Gasteiger partial charge in [0.05, 0.1) is 23.5 Å². The molecule has 1 fully saturated rings. The number of urea groups is 1. The molecule has 1 aliphatic carbocycles. The Hall–Kier alpha value is -2.99. The highest BCUT2D eigenvalue weighted by Crippen LogP contribution is 2.34. The highest BCUT2D eigenvalue weighted by molar-refractivity contribution is 6.30. The summed E-state index contributed by atoms with van der Waals surface area (Å²) in [5.41, 5.74) is 2.50. The molecule has 4 rings (SSSR count). The van der Waals surface area contributed by atoms with Crippen molar-refractivity contribution in [2.45, 2.75) is 46.2 Å². The maximum absolute atomic E-state index is 13.0. The lowest BCUT2D eigenvalue weighted by molar-refractivity contribution is 0.189. The van der Waals surface area contributed by atoms with Crippen LogP contribution in [0.4, 0.5) is 4.79 Å². The Kier molecular flexibility index (Phi) is 6.70. The quantitative estimate of drug-likeness (QED) is 0.459. The lowest BCUT2D eigenvalue weighted by Gasteiger charge is -2.25. The number of carbonyl (C=O) groups is 1. The van der Waals surface area contributed by atoms with Gasteiger partial charge in [-0.05, 0) is 69.9 Å². The first kappa shape index (κ1) is 22.2. The van der Waals surface area contributed by atoms with E-state index < -0.39 is 0 Å². The second-order valence-electron chi connectivity index (χ2n) is 8.60. The largest absolute Gasteiger partial charge is 0.439 e. The van der Waals surface area contributed by atoms with Crippen LogP contribution < -0.4 is 10.1 Å². The Balaban J connectivity index is 1.73. The van der Waals surface area contributed by atoms with Crippen LogP contribution in [0.25, 0.3) is 5.69 Å². The standard InChI is InChI=1S/C25H29ClN4O2/c1-17(2)27-25(31)29(15-19-12-13-19)16-23-18(3)28-30(21-9-7-8-20(26)14-21)24(23)32-22-10-5-4-6-11-22/h4-11,14,17,19H,12-13,15-16H2,1-3H3,(H,27,31). The summed E-state index contributed by atoms with van der Waals surface area (Å²) in [6, 6.07) is 17.1. The third kappa shape index (κ3) is 5.43. The van der Waals surface area contributed by atoms with E-state index in [1.165, 1.54) is 12.8 Å². The number of carbonyl (C=O) groups excluding carboxylic acids is 1. The molecule has 7 heteroatoms. The molecule has 1 N–H and O–H groups in total. The van der Waals surface area contributed by atoms with E-state index in [0.717, 1.165) is 23.5 Å². The molecule has 0 bridgehead atoms. The molecular weight excluding hydrogens is 424 g/mol. The molecule has 1 heterocycles. The molecule has 1 aromatic heterocycles. The molecule has 32 heavy (non-hydrogen) atoms. The molecule has 2 amide bonds. The Morgan fingerprint density at radius 3 is 2.62 bits per heavy atom. The van der Waals surface area contributed by atoms with Gasteiger partial charge in [0, 0.05) is 17.6 Å². The molecular formula is C25H29ClN4O2. The van der Waals surface area contributed by atoms with Gasteiger partial charge in [-0.25, -0.2) is 9.48 Å². The fraction of sp³-hybridized carbons (Fsp3) is 0.360. The number of aromatic nitrogens is 2. The lowest BCUT2D eigenvalue weighted by Crippen LogP contribution is -2.43. The van der Waals surface area contributed by atoms with Crippen LogP contribution in [0.15, 0.2) is 54.6 Å². The highest BCUT2D eigenvalue weighted by atomic mass is 35.5. The molecule has 0 aliphatic heterocycles. The lowest BCUT2D eigenvalue weighted by atomic mass is 10.2. The van der Waals surface area contributed by atoms with Crippen molar-refractivity contribution in [3.05, 3.63) is 70.9 Å². The van der Waals surface area contributed by atoms with Crippen LogP contribution in [0.2, 0.25) is 5.02 Å². The van der Waals surface area contributed by atoms with Crippen molar-refractivity contribution in [1.29, 1.82) is 0 Å². The first-order chi connectivity index (χ1) is 15.4. The molecule has 0 unspecified atom stereocenters. The average molecular weight is 453 g/mol. The number of halogens is 1. The van der Waals surface area contributed by atoms with Gasteiger partial charge in [0.15, 0.2) is 0 Å². The minimum Gasteiger partial charge on any atom is -0.439 e. The van der Waals surface area contributed by atoms with Crippen molar-refractivity contribution < 1.29 is 9.53 Å². The van der Waals surface area contributed by atoms with Crippen LogP contribution in [-0.2, 0) is 6.54 Å². The number of hydrogen-bond acceptors (Lipinski definition) is 3. The molecule has 0 spiro atoms. The summed E-state index contributed by atoms with van der Waals surface area (Å²) < 4.78 is 8.10. The maximum Gasteiger partial charge on any atom is 0.317 e. The zero-order valence-corrected chi connectivity index (χ0v) is 19.5. The van der Waals surface area contributed by atoms with Gasteiger partial charge in [-0.3, -0.25) is 0 Å². The van der Waals surface area contributed by atoms with E-state index >= 15 is 0 Å². The van der Waals surface area contributed by atoms with E-state index in [4.69, 9.17) is 21.4 Å². The zero-order chi connectivity index (χ0) is 22.7. The summed E-state index contributed by atoms with van der Waals surface area (Å²) in [6.45, 7) is 7.04. The number of nitrogens with zero attached hydrogens (tertiary/aromatic N) is 3. The molecule has 168 valence electrons. The highest BCUT2D eigenvalue weighted by Gasteiger charge is 2.29. The molecule has 0 radical (unpaired) electrons. The van der Waals surface area contributed by atoms with Crippen LogP contribution in [0.3, 0.4) is 0 Å². The molecule has 1 saturated carbocycles. The number of amides is 2. The third-order valence-corrected chi connectivity index (χ3v) is 5.61. The van der Waals surface area contributed by atoms with Crippen molar-refractivity contribution in [3.63, 3.8) is 0 Å². The van der Waals surface area contributed by atoms with Crippen molar-refractivity contribution in [1.82, 2.24) is 20.0 Å².